The van der Waals surface area contributed by atoms with Crippen LogP contribution < -0.4 is 10.4 Å². The molecule has 1 unspecified atom stereocenters. The zero-order chi connectivity index (χ0) is 19.4. The Morgan fingerprint density at radius 1 is 0.778 bits per heavy atom. The summed E-state index contributed by atoms with van der Waals surface area (Å²) in [7, 11) is -0.957. The zero-order valence-corrected chi connectivity index (χ0v) is 18.0. The van der Waals surface area contributed by atoms with Crippen molar-refractivity contribution in [3.05, 3.63) is 60.7 Å². The zero-order valence-electron chi connectivity index (χ0n) is 17.0. The predicted molar refractivity (Wildman–Crippen MR) is 115 cm³/mol. The van der Waals surface area contributed by atoms with Gasteiger partial charge in [-0.3, -0.25) is 0 Å². The van der Waals surface area contributed by atoms with E-state index < -0.39 is 8.56 Å². The average Bonchev–Trinajstić information content (AvgIpc) is 2.72. The highest BCUT2D eigenvalue weighted by Gasteiger charge is 2.42. The lowest BCUT2D eigenvalue weighted by Gasteiger charge is -2.32. The van der Waals surface area contributed by atoms with Gasteiger partial charge >= 0.3 is 8.56 Å². The Morgan fingerprint density at radius 2 is 1.30 bits per heavy atom. The minimum absolute atomic E-state index is 0.568. The highest BCUT2D eigenvalue weighted by molar-refractivity contribution is 6.92. The molecular weight excluding hydrogens is 352 g/mol. The van der Waals surface area contributed by atoms with Gasteiger partial charge in [-0.2, -0.15) is 0 Å². The van der Waals surface area contributed by atoms with Crippen LogP contribution in [-0.4, -0.2) is 35.5 Å². The van der Waals surface area contributed by atoms with Gasteiger partial charge in [-0.05, 0) is 35.6 Å². The third-order valence-electron chi connectivity index (χ3n) is 4.84. The minimum Gasteiger partial charge on any atom is -0.388 e. The van der Waals surface area contributed by atoms with Crippen molar-refractivity contribution < 1.29 is 13.6 Å². The Labute approximate surface area is 165 Å². The lowest BCUT2D eigenvalue weighted by Crippen LogP contribution is -2.63. The van der Waals surface area contributed by atoms with E-state index in [0.29, 0.717) is 12.5 Å². The Morgan fingerprint density at radius 3 is 1.81 bits per heavy atom. The summed E-state index contributed by atoms with van der Waals surface area (Å²) in [5.41, 5.74) is 0. The quantitative estimate of drug-likeness (QED) is 0.382. The Bertz CT molecular complexity index is 579. The first-order valence-electron chi connectivity index (χ1n) is 10.1. The fraction of sp³-hybridized carbons (Fsp3) is 0.478. The highest BCUT2D eigenvalue weighted by Crippen LogP contribution is 2.14. The normalized spacial score (nSPS) is 12.9. The van der Waals surface area contributed by atoms with Gasteiger partial charge in [0.2, 0.25) is 0 Å². The molecule has 2 aromatic rings. The van der Waals surface area contributed by atoms with Crippen LogP contribution in [0.1, 0.15) is 39.5 Å². The Hall–Kier alpha value is -1.46. The molecule has 0 radical (unpaired) electrons. The summed E-state index contributed by atoms with van der Waals surface area (Å²) in [6.45, 7) is 6.68. The van der Waals surface area contributed by atoms with Gasteiger partial charge in [0.15, 0.2) is 0 Å². The molecule has 0 bridgehead atoms. The Balaban J connectivity index is 2.24. The molecule has 0 saturated heterocycles. The van der Waals surface area contributed by atoms with Gasteiger partial charge < -0.3 is 13.6 Å². The molecule has 0 fully saturated rings. The standard InChI is InChI=1S/C23H34O3Si/c1-4-5-18-25-27(22-12-8-6-9-13-22,23-14-10-7-11-15-23)26-20-17-21(2)16-19-24-3/h6-15,21H,4-5,16-20H2,1-3H3. The molecule has 0 spiro atoms. The summed E-state index contributed by atoms with van der Waals surface area (Å²) in [5, 5.41) is 2.36. The molecule has 2 aromatic carbocycles. The summed E-state index contributed by atoms with van der Waals surface area (Å²) < 4.78 is 18.5. The van der Waals surface area contributed by atoms with E-state index in [9.17, 15) is 0 Å². The van der Waals surface area contributed by atoms with Crippen LogP contribution in [0.4, 0.5) is 0 Å². The first-order valence-corrected chi connectivity index (χ1v) is 11.9. The largest absolute Gasteiger partial charge is 0.407 e. The van der Waals surface area contributed by atoms with Crippen LogP contribution in [0, 0.1) is 5.92 Å². The fourth-order valence-corrected chi connectivity index (χ4v) is 6.27. The van der Waals surface area contributed by atoms with Gasteiger partial charge in [0.05, 0.1) is 0 Å². The third-order valence-corrected chi connectivity index (χ3v) is 8.25. The van der Waals surface area contributed by atoms with Crippen molar-refractivity contribution in [1.82, 2.24) is 0 Å². The molecule has 0 saturated carbocycles. The number of unbranched alkanes of at least 4 members (excludes halogenated alkanes) is 1. The first-order chi connectivity index (χ1) is 13.2. The maximum atomic E-state index is 6.67. The molecule has 2 rings (SSSR count). The average molecular weight is 387 g/mol. The number of methoxy groups -OCH3 is 1. The molecule has 0 aliphatic heterocycles. The van der Waals surface area contributed by atoms with Crippen LogP contribution in [0.3, 0.4) is 0 Å². The maximum absolute atomic E-state index is 6.67. The second-order valence-corrected chi connectivity index (χ2v) is 10.0. The molecule has 0 heterocycles. The molecule has 0 aliphatic rings. The summed E-state index contributed by atoms with van der Waals surface area (Å²) >= 11 is 0. The second-order valence-electron chi connectivity index (χ2n) is 7.07. The van der Waals surface area contributed by atoms with Crippen LogP contribution in [0.2, 0.25) is 0 Å². The summed E-state index contributed by atoms with van der Waals surface area (Å²) in [4.78, 5) is 0. The highest BCUT2D eigenvalue weighted by atomic mass is 28.4. The van der Waals surface area contributed by atoms with Gasteiger partial charge in [-0.25, -0.2) is 0 Å². The lowest BCUT2D eigenvalue weighted by molar-refractivity contribution is 0.157. The van der Waals surface area contributed by atoms with Gasteiger partial charge in [-0.1, -0.05) is 80.9 Å². The van der Waals surface area contributed by atoms with Crippen molar-refractivity contribution in [2.45, 2.75) is 39.5 Å². The number of benzene rings is 2. The minimum atomic E-state index is -2.71. The summed E-state index contributed by atoms with van der Waals surface area (Å²) in [5.74, 6) is 0.568. The van der Waals surface area contributed by atoms with Gasteiger partial charge in [0.25, 0.3) is 0 Å². The van der Waals surface area contributed by atoms with E-state index >= 15 is 0 Å². The van der Waals surface area contributed by atoms with Crippen molar-refractivity contribution in [1.29, 1.82) is 0 Å². The second kappa shape index (κ2) is 12.1. The van der Waals surface area contributed by atoms with E-state index in [1.165, 1.54) is 10.4 Å². The van der Waals surface area contributed by atoms with E-state index in [1.807, 2.05) is 12.1 Å². The van der Waals surface area contributed by atoms with Crippen LogP contribution in [0.15, 0.2) is 60.7 Å². The predicted octanol–water partition coefficient (Wildman–Crippen LogP) is 4.14. The monoisotopic (exact) mass is 386 g/mol. The molecule has 27 heavy (non-hydrogen) atoms. The van der Waals surface area contributed by atoms with Gasteiger partial charge in [-0.15, -0.1) is 0 Å². The fourth-order valence-electron chi connectivity index (χ4n) is 3.08. The molecule has 0 N–H and O–H groups in total. The molecule has 4 heteroatoms. The number of hydrogen-bond donors (Lipinski definition) is 0. The van der Waals surface area contributed by atoms with Crippen molar-refractivity contribution in [2.75, 3.05) is 26.9 Å². The molecule has 0 aromatic heterocycles. The van der Waals surface area contributed by atoms with Crippen molar-refractivity contribution in [3.8, 4) is 0 Å². The Kier molecular flexibility index (Phi) is 9.77. The number of ether oxygens (including phenoxy) is 1. The summed E-state index contributed by atoms with van der Waals surface area (Å²) in [6, 6.07) is 21.0. The van der Waals surface area contributed by atoms with Crippen molar-refractivity contribution in [3.63, 3.8) is 0 Å². The topological polar surface area (TPSA) is 27.7 Å². The van der Waals surface area contributed by atoms with Crippen LogP contribution in [-0.2, 0) is 13.6 Å². The van der Waals surface area contributed by atoms with Crippen LogP contribution in [0.25, 0.3) is 0 Å². The molecule has 1 atom stereocenters. The SMILES string of the molecule is CCCCO[Si](OCCC(C)CCOC)(c1ccccc1)c1ccccc1. The molecule has 148 valence electrons. The first kappa shape index (κ1) is 21.8. The van der Waals surface area contributed by atoms with E-state index in [-0.39, 0.29) is 0 Å². The van der Waals surface area contributed by atoms with Crippen LogP contribution in [0.5, 0.6) is 0 Å². The number of rotatable bonds is 13. The van der Waals surface area contributed by atoms with E-state index in [0.717, 1.165) is 38.9 Å². The van der Waals surface area contributed by atoms with Crippen molar-refractivity contribution >= 4 is 18.9 Å². The maximum Gasteiger partial charge on any atom is 0.407 e. The third kappa shape index (κ3) is 6.57. The molecule has 0 aliphatic carbocycles. The molecule has 3 nitrogen and oxygen atoms in total. The molecule has 0 amide bonds. The van der Waals surface area contributed by atoms with Crippen molar-refractivity contribution in [2.24, 2.45) is 5.92 Å². The van der Waals surface area contributed by atoms with Gasteiger partial charge in [0.1, 0.15) is 0 Å². The number of hydrogen-bond acceptors (Lipinski definition) is 3. The van der Waals surface area contributed by atoms with E-state index in [4.69, 9.17) is 13.6 Å². The lowest BCUT2D eigenvalue weighted by atomic mass is 10.1. The smallest absolute Gasteiger partial charge is 0.388 e. The molecular formula is C23H34O3Si. The van der Waals surface area contributed by atoms with Gasteiger partial charge in [0, 0.05) is 26.9 Å². The summed E-state index contributed by atoms with van der Waals surface area (Å²) in [6.07, 6.45) is 4.22. The van der Waals surface area contributed by atoms with E-state index in [1.54, 1.807) is 7.11 Å². The van der Waals surface area contributed by atoms with E-state index in [2.05, 4.69) is 62.4 Å². The van der Waals surface area contributed by atoms with Crippen LogP contribution >= 0.6 is 0 Å².